The van der Waals surface area contributed by atoms with E-state index in [4.69, 9.17) is 16.7 Å². The standard InChI is InChI=1S/C16H17ClN4O/c1-16(2)8-7-10(22)13-14(9-3-4-9)20-21(15(13)16)12-6-5-11(17)18-19-12/h5-6,9H,3-4,7-8H2,1-2H3. The second-order valence-corrected chi connectivity index (χ2v) is 7.20. The van der Waals surface area contributed by atoms with E-state index >= 15 is 0 Å². The summed E-state index contributed by atoms with van der Waals surface area (Å²) in [5.41, 5.74) is 2.65. The largest absolute Gasteiger partial charge is 0.294 e. The monoisotopic (exact) mass is 316 g/mol. The van der Waals surface area contributed by atoms with Crippen LogP contribution >= 0.6 is 11.6 Å². The molecule has 0 unspecified atom stereocenters. The second-order valence-electron chi connectivity index (χ2n) is 6.82. The van der Waals surface area contributed by atoms with Gasteiger partial charge in [-0.2, -0.15) is 5.10 Å². The third-order valence-corrected chi connectivity index (χ3v) is 4.81. The van der Waals surface area contributed by atoms with Gasteiger partial charge in [0.15, 0.2) is 16.8 Å². The fraction of sp³-hybridized carbons (Fsp3) is 0.500. The highest BCUT2D eigenvalue weighted by molar-refractivity contribution is 6.29. The summed E-state index contributed by atoms with van der Waals surface area (Å²) in [4.78, 5) is 12.5. The normalized spacial score (nSPS) is 20.0. The number of ketones is 1. The van der Waals surface area contributed by atoms with Crippen molar-refractivity contribution in [1.82, 2.24) is 20.0 Å². The topological polar surface area (TPSA) is 60.7 Å². The molecule has 2 aliphatic rings. The molecule has 0 aliphatic heterocycles. The van der Waals surface area contributed by atoms with Gasteiger partial charge in [-0.15, -0.1) is 10.2 Å². The summed E-state index contributed by atoms with van der Waals surface area (Å²) >= 11 is 5.83. The van der Waals surface area contributed by atoms with Crippen LogP contribution in [-0.4, -0.2) is 25.8 Å². The van der Waals surface area contributed by atoms with Crippen LogP contribution in [-0.2, 0) is 5.41 Å². The first-order chi connectivity index (χ1) is 10.5. The zero-order valence-electron chi connectivity index (χ0n) is 12.6. The molecular formula is C16H17ClN4O. The molecule has 0 radical (unpaired) electrons. The van der Waals surface area contributed by atoms with Crippen LogP contribution < -0.4 is 0 Å². The number of rotatable bonds is 2. The molecule has 22 heavy (non-hydrogen) atoms. The van der Waals surface area contributed by atoms with E-state index in [1.54, 1.807) is 12.1 Å². The lowest BCUT2D eigenvalue weighted by Crippen LogP contribution is -2.30. The average Bonchev–Trinajstić information content (AvgIpc) is 3.24. The first kappa shape index (κ1) is 13.9. The molecule has 2 aromatic heterocycles. The maximum atomic E-state index is 12.5. The van der Waals surface area contributed by atoms with Gasteiger partial charge in [-0.3, -0.25) is 4.79 Å². The zero-order chi connectivity index (χ0) is 15.5. The fourth-order valence-corrected chi connectivity index (χ4v) is 3.34. The van der Waals surface area contributed by atoms with Crippen molar-refractivity contribution in [3.8, 4) is 5.82 Å². The van der Waals surface area contributed by atoms with E-state index in [9.17, 15) is 4.79 Å². The van der Waals surface area contributed by atoms with Crippen LogP contribution in [0.4, 0.5) is 0 Å². The summed E-state index contributed by atoms with van der Waals surface area (Å²) in [7, 11) is 0. The van der Waals surface area contributed by atoms with E-state index in [-0.39, 0.29) is 11.2 Å². The van der Waals surface area contributed by atoms with Gasteiger partial charge in [-0.25, -0.2) is 4.68 Å². The van der Waals surface area contributed by atoms with Crippen LogP contribution in [0, 0.1) is 0 Å². The fourth-order valence-electron chi connectivity index (χ4n) is 3.23. The quantitative estimate of drug-likeness (QED) is 0.851. The molecule has 0 saturated heterocycles. The third-order valence-electron chi connectivity index (χ3n) is 4.61. The van der Waals surface area contributed by atoms with Gasteiger partial charge < -0.3 is 0 Å². The number of halogens is 1. The highest BCUT2D eigenvalue weighted by Gasteiger charge is 2.42. The van der Waals surface area contributed by atoms with Gasteiger partial charge in [0, 0.05) is 17.8 Å². The molecular weight excluding hydrogens is 300 g/mol. The molecule has 0 amide bonds. The Morgan fingerprint density at radius 2 is 2.05 bits per heavy atom. The smallest absolute Gasteiger partial charge is 0.176 e. The van der Waals surface area contributed by atoms with Crippen LogP contribution in [0.2, 0.25) is 5.15 Å². The highest BCUT2D eigenvalue weighted by Crippen LogP contribution is 2.47. The van der Waals surface area contributed by atoms with Crippen molar-refractivity contribution in [2.24, 2.45) is 0 Å². The number of carbonyl (C=O) groups is 1. The molecule has 1 saturated carbocycles. The predicted molar refractivity (Wildman–Crippen MR) is 82.7 cm³/mol. The van der Waals surface area contributed by atoms with Crippen molar-refractivity contribution in [1.29, 1.82) is 0 Å². The number of hydrogen-bond donors (Lipinski definition) is 0. The lowest BCUT2D eigenvalue weighted by molar-refractivity contribution is 0.0954. The minimum atomic E-state index is -0.106. The number of nitrogens with zero attached hydrogens (tertiary/aromatic N) is 4. The molecule has 0 spiro atoms. The van der Waals surface area contributed by atoms with Crippen molar-refractivity contribution >= 4 is 17.4 Å². The maximum Gasteiger partial charge on any atom is 0.176 e. The molecule has 0 atom stereocenters. The number of hydrogen-bond acceptors (Lipinski definition) is 4. The maximum absolute atomic E-state index is 12.5. The van der Waals surface area contributed by atoms with Crippen LogP contribution in [0.3, 0.4) is 0 Å². The molecule has 2 aromatic rings. The van der Waals surface area contributed by atoms with Gasteiger partial charge in [0.2, 0.25) is 0 Å². The molecule has 4 rings (SSSR count). The average molecular weight is 317 g/mol. The van der Waals surface area contributed by atoms with E-state index in [2.05, 4.69) is 24.0 Å². The molecule has 5 nitrogen and oxygen atoms in total. The molecule has 114 valence electrons. The predicted octanol–water partition coefficient (Wildman–Crippen LogP) is 3.45. The Kier molecular flexibility index (Phi) is 2.92. The Morgan fingerprint density at radius 3 is 2.68 bits per heavy atom. The Balaban J connectivity index is 1.97. The summed E-state index contributed by atoms with van der Waals surface area (Å²) in [6, 6.07) is 3.50. The summed E-state index contributed by atoms with van der Waals surface area (Å²) in [6.45, 7) is 4.33. The van der Waals surface area contributed by atoms with Gasteiger partial charge >= 0.3 is 0 Å². The van der Waals surface area contributed by atoms with Gasteiger partial charge in [0.1, 0.15) is 0 Å². The van der Waals surface area contributed by atoms with Gasteiger partial charge in [0.25, 0.3) is 0 Å². The summed E-state index contributed by atoms with van der Waals surface area (Å²) in [6.07, 6.45) is 3.65. The van der Waals surface area contributed by atoms with Gasteiger partial charge in [-0.1, -0.05) is 25.4 Å². The number of fused-ring (bicyclic) bond motifs is 1. The molecule has 2 aliphatic carbocycles. The van der Waals surface area contributed by atoms with Crippen LogP contribution in [0.25, 0.3) is 5.82 Å². The minimum Gasteiger partial charge on any atom is -0.294 e. The van der Waals surface area contributed by atoms with Gasteiger partial charge in [0.05, 0.1) is 17.0 Å². The SMILES string of the molecule is CC1(C)CCC(=O)c2c(C3CC3)nn(-c3ccc(Cl)nn3)c21. The van der Waals surface area contributed by atoms with Crippen molar-refractivity contribution in [2.75, 3.05) is 0 Å². The molecule has 0 aromatic carbocycles. The van der Waals surface area contributed by atoms with Crippen molar-refractivity contribution < 1.29 is 4.79 Å². The minimum absolute atomic E-state index is 0.106. The Hall–Kier alpha value is -1.75. The van der Waals surface area contributed by atoms with E-state index in [1.165, 1.54) is 0 Å². The molecule has 1 fully saturated rings. The Bertz CT molecular complexity index is 759. The zero-order valence-corrected chi connectivity index (χ0v) is 13.4. The number of aromatic nitrogens is 4. The van der Waals surface area contributed by atoms with Crippen LogP contribution in [0.15, 0.2) is 12.1 Å². The van der Waals surface area contributed by atoms with Crippen molar-refractivity contribution in [3.05, 3.63) is 34.2 Å². The molecule has 0 N–H and O–H groups in total. The molecule has 2 heterocycles. The van der Waals surface area contributed by atoms with Crippen molar-refractivity contribution in [2.45, 2.75) is 50.9 Å². The molecule has 6 heteroatoms. The number of Topliss-reactive ketones (excluding diaryl/α,β-unsaturated/α-hetero) is 1. The third kappa shape index (κ3) is 2.07. The lowest BCUT2D eigenvalue weighted by atomic mass is 9.75. The van der Waals surface area contributed by atoms with Crippen molar-refractivity contribution in [3.63, 3.8) is 0 Å². The summed E-state index contributed by atoms with van der Waals surface area (Å²) in [5.74, 6) is 1.26. The van der Waals surface area contributed by atoms with E-state index < -0.39 is 0 Å². The van der Waals surface area contributed by atoms with Gasteiger partial charge in [-0.05, 0) is 31.4 Å². The Labute approximate surface area is 133 Å². The number of carbonyl (C=O) groups excluding carboxylic acids is 1. The first-order valence-corrected chi connectivity index (χ1v) is 8.01. The van der Waals surface area contributed by atoms with Crippen LogP contribution in [0.5, 0.6) is 0 Å². The first-order valence-electron chi connectivity index (χ1n) is 7.63. The summed E-state index contributed by atoms with van der Waals surface area (Å²) in [5, 5.41) is 13.2. The molecule has 0 bridgehead atoms. The van der Waals surface area contributed by atoms with E-state index in [1.807, 2.05) is 4.68 Å². The lowest BCUT2D eigenvalue weighted by Gasteiger charge is -2.30. The summed E-state index contributed by atoms with van der Waals surface area (Å²) < 4.78 is 1.81. The van der Waals surface area contributed by atoms with E-state index in [0.717, 1.165) is 36.2 Å². The highest BCUT2D eigenvalue weighted by atomic mass is 35.5. The Morgan fingerprint density at radius 1 is 1.27 bits per heavy atom. The van der Waals surface area contributed by atoms with E-state index in [0.29, 0.717) is 23.3 Å². The second kappa shape index (κ2) is 4.62. The van der Waals surface area contributed by atoms with Crippen LogP contribution in [0.1, 0.15) is 67.2 Å².